The standard InChI is InChI=1S/C8H19NO/c1-4-7(2)5-6-10-8(3)9/h7-8H,4-6,9H2,1-3H3. The van der Waals surface area contributed by atoms with Gasteiger partial charge in [0, 0.05) is 6.61 Å². The Labute approximate surface area is 63.7 Å². The highest BCUT2D eigenvalue weighted by Crippen LogP contribution is 2.05. The largest absolute Gasteiger partial charge is 0.364 e. The van der Waals surface area contributed by atoms with E-state index in [4.69, 9.17) is 10.5 Å². The van der Waals surface area contributed by atoms with Crippen molar-refractivity contribution in [3.05, 3.63) is 0 Å². The molecule has 0 spiro atoms. The van der Waals surface area contributed by atoms with E-state index < -0.39 is 0 Å². The molecule has 0 aliphatic carbocycles. The van der Waals surface area contributed by atoms with Crippen LogP contribution in [-0.2, 0) is 4.74 Å². The van der Waals surface area contributed by atoms with Crippen molar-refractivity contribution in [2.75, 3.05) is 6.61 Å². The molecular weight excluding hydrogens is 126 g/mol. The highest BCUT2D eigenvalue weighted by Gasteiger charge is 1.98. The average molecular weight is 145 g/mol. The summed E-state index contributed by atoms with van der Waals surface area (Å²) in [5, 5.41) is 0. The first-order valence-corrected chi connectivity index (χ1v) is 4.04. The van der Waals surface area contributed by atoms with Crippen molar-refractivity contribution in [3.8, 4) is 0 Å². The van der Waals surface area contributed by atoms with E-state index in [0.29, 0.717) is 0 Å². The van der Waals surface area contributed by atoms with E-state index in [1.54, 1.807) is 0 Å². The molecule has 0 saturated heterocycles. The number of hydrogen-bond donors (Lipinski definition) is 1. The van der Waals surface area contributed by atoms with Gasteiger partial charge < -0.3 is 10.5 Å². The zero-order chi connectivity index (χ0) is 7.98. The van der Waals surface area contributed by atoms with Crippen LogP contribution in [0.5, 0.6) is 0 Å². The lowest BCUT2D eigenvalue weighted by molar-refractivity contribution is 0.0617. The Morgan fingerprint density at radius 1 is 1.40 bits per heavy atom. The maximum Gasteiger partial charge on any atom is 0.102 e. The van der Waals surface area contributed by atoms with Crippen LogP contribution < -0.4 is 5.73 Å². The Bertz CT molecular complexity index is 73.7. The Balaban J connectivity index is 3.03. The van der Waals surface area contributed by atoms with Gasteiger partial charge in [-0.05, 0) is 19.3 Å². The van der Waals surface area contributed by atoms with Crippen LogP contribution in [0.15, 0.2) is 0 Å². The minimum absolute atomic E-state index is 0.107. The van der Waals surface area contributed by atoms with Crippen molar-refractivity contribution in [2.24, 2.45) is 11.7 Å². The average Bonchev–Trinajstić information content (AvgIpc) is 1.87. The summed E-state index contributed by atoms with van der Waals surface area (Å²) in [6.45, 7) is 7.07. The normalized spacial score (nSPS) is 16.8. The highest BCUT2D eigenvalue weighted by molar-refractivity contribution is 4.48. The Morgan fingerprint density at radius 3 is 2.40 bits per heavy atom. The molecular formula is C8H19NO. The molecule has 0 heterocycles. The quantitative estimate of drug-likeness (QED) is 0.598. The SMILES string of the molecule is CCC(C)CCOC(C)N. The summed E-state index contributed by atoms with van der Waals surface area (Å²) in [5.41, 5.74) is 5.40. The van der Waals surface area contributed by atoms with Gasteiger partial charge in [-0.2, -0.15) is 0 Å². The summed E-state index contributed by atoms with van der Waals surface area (Å²) >= 11 is 0. The van der Waals surface area contributed by atoms with Crippen molar-refractivity contribution in [1.82, 2.24) is 0 Å². The summed E-state index contributed by atoms with van der Waals surface area (Å²) in [6, 6.07) is 0. The number of hydrogen-bond acceptors (Lipinski definition) is 2. The number of ether oxygens (including phenoxy) is 1. The van der Waals surface area contributed by atoms with Gasteiger partial charge in [-0.25, -0.2) is 0 Å². The highest BCUT2D eigenvalue weighted by atomic mass is 16.5. The topological polar surface area (TPSA) is 35.2 Å². The van der Waals surface area contributed by atoms with E-state index in [9.17, 15) is 0 Å². The molecule has 0 aromatic rings. The third-order valence-electron chi connectivity index (χ3n) is 1.69. The fourth-order valence-electron chi connectivity index (χ4n) is 0.659. The van der Waals surface area contributed by atoms with Gasteiger partial charge in [-0.1, -0.05) is 20.3 Å². The van der Waals surface area contributed by atoms with E-state index >= 15 is 0 Å². The molecule has 10 heavy (non-hydrogen) atoms. The van der Waals surface area contributed by atoms with Crippen LogP contribution >= 0.6 is 0 Å². The molecule has 2 heteroatoms. The number of nitrogens with two attached hydrogens (primary N) is 1. The molecule has 2 atom stereocenters. The van der Waals surface area contributed by atoms with Crippen LogP contribution in [0.3, 0.4) is 0 Å². The lowest BCUT2D eigenvalue weighted by Crippen LogP contribution is -2.20. The first-order chi connectivity index (χ1) is 4.66. The summed E-state index contributed by atoms with van der Waals surface area (Å²) < 4.78 is 5.19. The first kappa shape index (κ1) is 9.92. The van der Waals surface area contributed by atoms with Crippen molar-refractivity contribution < 1.29 is 4.74 Å². The van der Waals surface area contributed by atoms with E-state index in [2.05, 4.69) is 13.8 Å². The van der Waals surface area contributed by atoms with Crippen LogP contribution in [0.4, 0.5) is 0 Å². The maximum absolute atomic E-state index is 5.40. The van der Waals surface area contributed by atoms with Gasteiger partial charge in [0.2, 0.25) is 0 Å². The van der Waals surface area contributed by atoms with Crippen molar-refractivity contribution in [2.45, 2.75) is 39.8 Å². The molecule has 0 aromatic carbocycles. The van der Waals surface area contributed by atoms with Crippen LogP contribution in [0.25, 0.3) is 0 Å². The second-order valence-corrected chi connectivity index (χ2v) is 2.88. The zero-order valence-corrected chi connectivity index (χ0v) is 7.26. The monoisotopic (exact) mass is 145 g/mol. The molecule has 0 fully saturated rings. The second-order valence-electron chi connectivity index (χ2n) is 2.88. The van der Waals surface area contributed by atoms with Gasteiger partial charge in [-0.15, -0.1) is 0 Å². The van der Waals surface area contributed by atoms with Crippen LogP contribution in [0.1, 0.15) is 33.6 Å². The molecule has 0 amide bonds. The zero-order valence-electron chi connectivity index (χ0n) is 7.26. The van der Waals surface area contributed by atoms with E-state index in [1.165, 1.54) is 6.42 Å². The molecule has 0 aliphatic rings. The van der Waals surface area contributed by atoms with Crippen molar-refractivity contribution in [3.63, 3.8) is 0 Å². The van der Waals surface area contributed by atoms with Gasteiger partial charge in [0.05, 0.1) is 0 Å². The van der Waals surface area contributed by atoms with Gasteiger partial charge >= 0.3 is 0 Å². The summed E-state index contributed by atoms with van der Waals surface area (Å²) in [7, 11) is 0. The maximum atomic E-state index is 5.40. The van der Waals surface area contributed by atoms with E-state index in [0.717, 1.165) is 18.9 Å². The van der Waals surface area contributed by atoms with Crippen LogP contribution in [0.2, 0.25) is 0 Å². The Hall–Kier alpha value is -0.0800. The molecule has 2 unspecified atom stereocenters. The summed E-state index contributed by atoms with van der Waals surface area (Å²) in [5.74, 6) is 0.763. The van der Waals surface area contributed by atoms with Crippen molar-refractivity contribution >= 4 is 0 Å². The number of rotatable bonds is 5. The predicted molar refractivity (Wildman–Crippen MR) is 43.7 cm³/mol. The third kappa shape index (κ3) is 6.05. The molecule has 0 aromatic heterocycles. The molecule has 0 aliphatic heterocycles. The van der Waals surface area contributed by atoms with E-state index in [-0.39, 0.29) is 6.23 Å². The van der Waals surface area contributed by atoms with Gasteiger partial charge in [0.1, 0.15) is 6.23 Å². The second kappa shape index (κ2) is 5.69. The molecule has 2 nitrogen and oxygen atoms in total. The fourth-order valence-corrected chi connectivity index (χ4v) is 0.659. The lowest BCUT2D eigenvalue weighted by Gasteiger charge is -2.10. The van der Waals surface area contributed by atoms with Gasteiger partial charge in [-0.3, -0.25) is 0 Å². The molecule has 0 saturated carbocycles. The van der Waals surface area contributed by atoms with Crippen LogP contribution in [-0.4, -0.2) is 12.8 Å². The smallest absolute Gasteiger partial charge is 0.102 e. The molecule has 0 bridgehead atoms. The minimum atomic E-state index is -0.107. The molecule has 2 N–H and O–H groups in total. The van der Waals surface area contributed by atoms with Crippen LogP contribution in [0, 0.1) is 5.92 Å². The molecule has 0 rings (SSSR count). The van der Waals surface area contributed by atoms with E-state index in [1.807, 2.05) is 6.92 Å². The van der Waals surface area contributed by atoms with Gasteiger partial charge in [0.25, 0.3) is 0 Å². The fraction of sp³-hybridized carbons (Fsp3) is 1.00. The third-order valence-corrected chi connectivity index (χ3v) is 1.69. The predicted octanol–water partition coefficient (Wildman–Crippen LogP) is 1.74. The first-order valence-electron chi connectivity index (χ1n) is 4.04. The Kier molecular flexibility index (Phi) is 5.64. The molecule has 62 valence electrons. The lowest BCUT2D eigenvalue weighted by atomic mass is 10.1. The van der Waals surface area contributed by atoms with Crippen molar-refractivity contribution in [1.29, 1.82) is 0 Å². The summed E-state index contributed by atoms with van der Waals surface area (Å²) in [6.07, 6.45) is 2.24. The minimum Gasteiger partial charge on any atom is -0.364 e. The Morgan fingerprint density at radius 2 is 2.00 bits per heavy atom. The van der Waals surface area contributed by atoms with Gasteiger partial charge in [0.15, 0.2) is 0 Å². The molecule has 0 radical (unpaired) electrons. The summed E-state index contributed by atoms with van der Waals surface area (Å²) in [4.78, 5) is 0.